The molecule has 13 nitrogen and oxygen atoms in total. The van der Waals surface area contributed by atoms with Crippen LogP contribution in [0.15, 0.2) is 30.5 Å². The first kappa shape index (κ1) is 42.4. The molecule has 296 valence electrons. The van der Waals surface area contributed by atoms with E-state index in [4.69, 9.17) is 4.74 Å². The molecule has 5 N–H and O–H groups in total. The van der Waals surface area contributed by atoms with Gasteiger partial charge in [0.25, 0.3) is 0 Å². The molecule has 2 fully saturated rings. The highest BCUT2D eigenvalue weighted by Crippen LogP contribution is 2.47. The fourth-order valence-electron chi connectivity index (χ4n) is 7.10. The van der Waals surface area contributed by atoms with Gasteiger partial charge in [-0.15, -0.1) is 5.10 Å². The highest BCUT2D eigenvalue weighted by atomic mass is 32.2. The second kappa shape index (κ2) is 18.3. The molecule has 0 spiro atoms. The molecule has 0 unspecified atom stereocenters. The van der Waals surface area contributed by atoms with Crippen molar-refractivity contribution in [2.45, 2.75) is 134 Å². The first-order valence-corrected chi connectivity index (χ1v) is 20.2. The van der Waals surface area contributed by atoms with Gasteiger partial charge >= 0.3 is 12.1 Å². The number of aromatic hydroxyl groups is 1. The van der Waals surface area contributed by atoms with Crippen molar-refractivity contribution in [3.05, 3.63) is 41.7 Å². The largest absolute Gasteiger partial charge is 0.508 e. The van der Waals surface area contributed by atoms with Crippen LogP contribution in [-0.2, 0) is 28.9 Å². The smallest absolute Gasteiger partial charge is 0.315 e. The number of amides is 4. The lowest BCUT2D eigenvalue weighted by Gasteiger charge is -2.35. The van der Waals surface area contributed by atoms with E-state index < -0.39 is 0 Å². The Kier molecular flexibility index (Phi) is 14.6. The Morgan fingerprint density at radius 3 is 2.53 bits per heavy atom. The minimum Gasteiger partial charge on any atom is -0.508 e. The van der Waals surface area contributed by atoms with Gasteiger partial charge in [-0.25, -0.2) is 9.59 Å². The molecule has 14 heteroatoms. The zero-order chi connectivity index (χ0) is 38.9. The molecule has 0 bridgehead atoms. The van der Waals surface area contributed by atoms with Crippen LogP contribution < -0.4 is 21.3 Å². The summed E-state index contributed by atoms with van der Waals surface area (Å²) in [6.07, 6.45) is 8.88. The molecular formula is C39H64N8O5S. The lowest BCUT2D eigenvalue weighted by Crippen LogP contribution is -2.58. The maximum Gasteiger partial charge on any atom is 0.315 e. The summed E-state index contributed by atoms with van der Waals surface area (Å²) in [6.45, 7) is 14.8. The van der Waals surface area contributed by atoms with Crippen molar-refractivity contribution in [2.75, 3.05) is 39.5 Å². The minimum atomic E-state index is -0.350. The lowest BCUT2D eigenvalue weighted by atomic mass is 9.78. The number of hydrogen-bond acceptors (Lipinski definition) is 9. The fourth-order valence-corrected chi connectivity index (χ4v) is 8.99. The SMILES string of the molecule is CN(C)[C@H](CNC(=O)NCCc1cn(CC(C)(C)COC(C)(C)CCCC(=O)CCCC[C@H]2SC[C@]3(C)NC(=O)N[C@]23C)nn1)Cc1ccc(O)cc1. The summed E-state index contributed by atoms with van der Waals surface area (Å²) < 4.78 is 8.21. The molecule has 3 heterocycles. The number of unbranched alkanes of at least 4 members (excludes halogenated alkanes) is 1. The Labute approximate surface area is 320 Å². The van der Waals surface area contributed by atoms with E-state index in [1.54, 1.807) is 12.1 Å². The van der Waals surface area contributed by atoms with Gasteiger partial charge in [0.2, 0.25) is 0 Å². The van der Waals surface area contributed by atoms with Crippen molar-refractivity contribution in [1.82, 2.24) is 41.2 Å². The molecule has 0 aliphatic carbocycles. The quantitative estimate of drug-likeness (QED) is 0.0817. The van der Waals surface area contributed by atoms with E-state index in [1.165, 1.54) is 0 Å². The number of ketones is 1. The van der Waals surface area contributed by atoms with E-state index in [-0.39, 0.29) is 45.9 Å². The predicted octanol–water partition coefficient (Wildman–Crippen LogP) is 5.07. The molecule has 2 saturated heterocycles. The van der Waals surface area contributed by atoms with Crippen molar-refractivity contribution < 1.29 is 24.2 Å². The Hall–Kier alpha value is -3.36. The molecule has 4 rings (SSSR count). The summed E-state index contributed by atoms with van der Waals surface area (Å²) in [6, 6.07) is 6.95. The van der Waals surface area contributed by atoms with Crippen LogP contribution in [0.4, 0.5) is 9.59 Å². The van der Waals surface area contributed by atoms with Crippen LogP contribution in [0.5, 0.6) is 5.75 Å². The topological polar surface area (TPSA) is 163 Å². The summed E-state index contributed by atoms with van der Waals surface area (Å²) in [5, 5.41) is 30.6. The normalized spacial score (nSPS) is 22.0. The number of ether oxygens (including phenoxy) is 1. The zero-order valence-electron chi connectivity index (χ0n) is 33.2. The van der Waals surface area contributed by atoms with Gasteiger partial charge in [0.1, 0.15) is 11.5 Å². The van der Waals surface area contributed by atoms with Crippen LogP contribution in [0.3, 0.4) is 0 Å². The number of aromatic nitrogens is 3. The summed E-state index contributed by atoms with van der Waals surface area (Å²) in [5.41, 5.74) is 0.897. The number of phenolic OH excluding ortho intramolecular Hbond substituents is 1. The molecule has 4 atom stereocenters. The lowest BCUT2D eigenvalue weighted by molar-refractivity contribution is -0.119. The van der Waals surface area contributed by atoms with Crippen LogP contribution in [0.25, 0.3) is 0 Å². The molecule has 53 heavy (non-hydrogen) atoms. The van der Waals surface area contributed by atoms with Crippen LogP contribution in [0, 0.1) is 5.41 Å². The molecule has 2 aliphatic rings. The Morgan fingerprint density at radius 2 is 1.81 bits per heavy atom. The third kappa shape index (κ3) is 12.6. The number of carbonyl (C=O) groups excluding carboxylic acids is 3. The second-order valence-corrected chi connectivity index (χ2v) is 18.2. The van der Waals surface area contributed by atoms with Crippen LogP contribution in [0.1, 0.15) is 97.7 Å². The first-order chi connectivity index (χ1) is 24.9. The predicted molar refractivity (Wildman–Crippen MR) is 210 cm³/mol. The van der Waals surface area contributed by atoms with E-state index in [0.717, 1.165) is 55.5 Å². The van der Waals surface area contributed by atoms with Crippen LogP contribution in [-0.4, -0.2) is 110 Å². The molecule has 1 aromatic carbocycles. The third-order valence-corrected chi connectivity index (χ3v) is 12.7. The summed E-state index contributed by atoms with van der Waals surface area (Å²) in [4.78, 5) is 39.2. The van der Waals surface area contributed by atoms with Gasteiger partial charge in [0, 0.05) is 67.6 Å². The van der Waals surface area contributed by atoms with Gasteiger partial charge in [0.15, 0.2) is 0 Å². The van der Waals surface area contributed by atoms with E-state index in [2.05, 4.69) is 78.0 Å². The number of carbonyl (C=O) groups is 3. The van der Waals surface area contributed by atoms with Crippen molar-refractivity contribution >= 4 is 29.6 Å². The molecule has 0 radical (unpaired) electrons. The average Bonchev–Trinajstić information content (AvgIpc) is 3.68. The van der Waals surface area contributed by atoms with Crippen molar-refractivity contribution in [2.24, 2.45) is 5.41 Å². The van der Waals surface area contributed by atoms with Gasteiger partial charge in [-0.2, -0.15) is 11.8 Å². The maximum atomic E-state index is 12.7. The number of benzene rings is 1. The molecule has 2 aliphatic heterocycles. The molecule has 4 amide bonds. The molecular weight excluding hydrogens is 693 g/mol. The van der Waals surface area contributed by atoms with E-state index in [0.29, 0.717) is 56.5 Å². The second-order valence-electron chi connectivity index (χ2n) is 17.0. The summed E-state index contributed by atoms with van der Waals surface area (Å²) in [5.74, 6) is 1.46. The van der Waals surface area contributed by atoms with E-state index >= 15 is 0 Å². The highest BCUT2D eigenvalue weighted by Gasteiger charge is 2.60. The average molecular weight is 757 g/mol. The van der Waals surface area contributed by atoms with Crippen molar-refractivity contribution in [1.29, 1.82) is 0 Å². The number of fused-ring (bicyclic) bond motifs is 1. The monoisotopic (exact) mass is 756 g/mol. The molecule has 0 saturated carbocycles. The van der Waals surface area contributed by atoms with Gasteiger partial charge < -0.3 is 36.0 Å². The summed E-state index contributed by atoms with van der Waals surface area (Å²) >= 11 is 1.92. The van der Waals surface area contributed by atoms with Crippen molar-refractivity contribution in [3.8, 4) is 5.75 Å². The number of Topliss-reactive ketones (excluding diaryl/α,β-unsaturated/α-hetero) is 1. The Balaban J connectivity index is 1.07. The Morgan fingerprint density at radius 1 is 1.09 bits per heavy atom. The number of thioether (sulfide) groups is 1. The standard InChI is InChI=1S/C39H64N8O5S/c1-36(2,25-47-24-29(44-45-47)19-21-40-34(50)41-23-30(46(7)8)22-28-15-17-32(49)18-16-28)26-52-37(3,4)20-11-13-31(48)12-9-10-14-33-39(6)38(5,27-53-33)42-35(51)43-39/h15-18,24,30,33,49H,9-14,19-23,25-27H2,1-8H3,(H2,40,41,50)(H2,42,43,51)/t30-,33+,38-,39+/m0/s1. The van der Waals surface area contributed by atoms with Crippen LogP contribution in [0.2, 0.25) is 0 Å². The van der Waals surface area contributed by atoms with E-state index in [1.807, 2.05) is 48.9 Å². The van der Waals surface area contributed by atoms with Crippen LogP contribution >= 0.6 is 11.8 Å². The number of urea groups is 2. The van der Waals surface area contributed by atoms with E-state index in [9.17, 15) is 19.5 Å². The Bertz CT molecular complexity index is 1520. The summed E-state index contributed by atoms with van der Waals surface area (Å²) in [7, 11) is 3.97. The van der Waals surface area contributed by atoms with Crippen molar-refractivity contribution in [3.63, 3.8) is 0 Å². The molecule has 2 aromatic rings. The number of hydrogen-bond donors (Lipinski definition) is 5. The number of phenols is 1. The number of nitrogens with zero attached hydrogens (tertiary/aromatic N) is 4. The molecule has 1 aromatic heterocycles. The number of likely N-dealkylation sites (N-methyl/N-ethyl adjacent to an activating group) is 1. The minimum absolute atomic E-state index is 0.0747. The highest BCUT2D eigenvalue weighted by molar-refractivity contribution is 8.00. The van der Waals surface area contributed by atoms with Gasteiger partial charge in [0.05, 0.1) is 29.0 Å². The maximum absolute atomic E-state index is 12.7. The fraction of sp³-hybridized carbons (Fsp3) is 0.718. The zero-order valence-corrected chi connectivity index (χ0v) is 34.0. The number of nitrogens with one attached hydrogen (secondary N) is 4. The van der Waals surface area contributed by atoms with Gasteiger partial charge in [-0.3, -0.25) is 9.48 Å². The number of rotatable bonds is 22. The van der Waals surface area contributed by atoms with Gasteiger partial charge in [-0.05, 0) is 91.6 Å². The van der Waals surface area contributed by atoms with Gasteiger partial charge in [-0.1, -0.05) is 37.6 Å². The third-order valence-electron chi connectivity index (χ3n) is 10.9. The first-order valence-electron chi connectivity index (χ1n) is 19.1.